The molecule has 0 unspecified atom stereocenters. The van der Waals surface area contributed by atoms with Crippen LogP contribution in [0, 0.1) is 10.1 Å². The van der Waals surface area contributed by atoms with Crippen LogP contribution in [0.1, 0.15) is 25.7 Å². The molecule has 9 nitrogen and oxygen atoms in total. The summed E-state index contributed by atoms with van der Waals surface area (Å²) < 4.78 is 32.0. The summed E-state index contributed by atoms with van der Waals surface area (Å²) in [4.78, 5) is 23.5. The molecule has 1 aliphatic heterocycles. The normalized spacial score (nSPS) is 15.7. The zero-order valence-corrected chi connectivity index (χ0v) is 14.8. The fourth-order valence-corrected chi connectivity index (χ4v) is 3.83. The minimum absolute atomic E-state index is 0.00272. The lowest BCUT2D eigenvalue weighted by Crippen LogP contribution is -2.38. The summed E-state index contributed by atoms with van der Waals surface area (Å²) >= 11 is 0. The van der Waals surface area contributed by atoms with Gasteiger partial charge in [0.15, 0.2) is 4.90 Å². The van der Waals surface area contributed by atoms with E-state index in [1.165, 1.54) is 13.2 Å². The number of nitrogens with one attached hydrogen (secondary N) is 1. The molecule has 0 atom stereocenters. The second-order valence-corrected chi connectivity index (χ2v) is 7.42. The molecule has 1 aromatic rings. The van der Waals surface area contributed by atoms with Gasteiger partial charge in [-0.05, 0) is 25.0 Å². The molecule has 2 rings (SSSR count). The summed E-state index contributed by atoms with van der Waals surface area (Å²) in [5, 5.41) is 11.1. The molecule has 0 spiro atoms. The van der Waals surface area contributed by atoms with Gasteiger partial charge >= 0.3 is 0 Å². The molecule has 1 aliphatic rings. The van der Waals surface area contributed by atoms with E-state index in [2.05, 4.69) is 4.72 Å². The quantitative estimate of drug-likeness (QED) is 0.570. The predicted molar refractivity (Wildman–Crippen MR) is 89.9 cm³/mol. The van der Waals surface area contributed by atoms with Crippen molar-refractivity contribution < 1.29 is 22.9 Å². The van der Waals surface area contributed by atoms with Crippen LogP contribution in [-0.4, -0.2) is 50.9 Å². The zero-order valence-electron chi connectivity index (χ0n) is 13.9. The first-order valence-electron chi connectivity index (χ1n) is 7.95. The smallest absolute Gasteiger partial charge is 0.293 e. The maximum atomic E-state index is 12.4. The Morgan fingerprint density at radius 2 is 2.08 bits per heavy atom. The summed E-state index contributed by atoms with van der Waals surface area (Å²) in [6, 6.07) is 3.54. The van der Waals surface area contributed by atoms with E-state index < -0.39 is 25.5 Å². The van der Waals surface area contributed by atoms with Crippen LogP contribution in [-0.2, 0) is 14.8 Å². The second kappa shape index (κ2) is 8.26. The Balaban J connectivity index is 2.08. The van der Waals surface area contributed by atoms with Crippen LogP contribution in [0.25, 0.3) is 0 Å². The maximum Gasteiger partial charge on any atom is 0.293 e. The summed E-state index contributed by atoms with van der Waals surface area (Å²) in [6.45, 7) is 0.836. The van der Waals surface area contributed by atoms with Crippen molar-refractivity contribution in [1.82, 2.24) is 9.62 Å². The van der Waals surface area contributed by atoms with Gasteiger partial charge in [-0.25, -0.2) is 13.1 Å². The van der Waals surface area contributed by atoms with Gasteiger partial charge < -0.3 is 9.64 Å². The average Bonchev–Trinajstić information content (AvgIpc) is 2.78. The van der Waals surface area contributed by atoms with Crippen molar-refractivity contribution in [2.45, 2.75) is 30.6 Å². The number of nitro groups is 1. The van der Waals surface area contributed by atoms with E-state index >= 15 is 0 Å². The van der Waals surface area contributed by atoms with E-state index in [1.807, 2.05) is 0 Å². The topological polar surface area (TPSA) is 119 Å². The van der Waals surface area contributed by atoms with Gasteiger partial charge in [0.25, 0.3) is 5.69 Å². The number of sulfonamides is 1. The average molecular weight is 371 g/mol. The van der Waals surface area contributed by atoms with Crippen LogP contribution in [0.15, 0.2) is 23.1 Å². The van der Waals surface area contributed by atoms with Gasteiger partial charge in [0.05, 0.1) is 18.1 Å². The van der Waals surface area contributed by atoms with E-state index in [0.29, 0.717) is 13.0 Å². The van der Waals surface area contributed by atoms with Crippen LogP contribution in [0.4, 0.5) is 5.69 Å². The van der Waals surface area contributed by atoms with Crippen molar-refractivity contribution in [3.63, 3.8) is 0 Å². The number of carbonyl (C=O) groups excluding carboxylic acids is 1. The van der Waals surface area contributed by atoms with Crippen LogP contribution in [0.2, 0.25) is 0 Å². The number of methoxy groups -OCH3 is 1. The van der Waals surface area contributed by atoms with Gasteiger partial charge in [-0.2, -0.15) is 0 Å². The van der Waals surface area contributed by atoms with Crippen LogP contribution in [0.5, 0.6) is 5.75 Å². The Bertz CT molecular complexity index is 750. The Morgan fingerprint density at radius 3 is 2.76 bits per heavy atom. The minimum Gasteiger partial charge on any atom is -0.497 e. The molecule has 1 amide bonds. The highest BCUT2D eigenvalue weighted by Gasteiger charge is 2.26. The number of nitrogens with zero attached hydrogens (tertiary/aromatic N) is 2. The van der Waals surface area contributed by atoms with Gasteiger partial charge in [0, 0.05) is 26.1 Å². The number of benzene rings is 1. The Kier molecular flexibility index (Phi) is 6.32. The molecule has 0 aliphatic carbocycles. The number of rotatable bonds is 7. The third kappa shape index (κ3) is 4.89. The summed E-state index contributed by atoms with van der Waals surface area (Å²) in [7, 11) is -2.74. The molecule has 0 bridgehead atoms. The summed E-state index contributed by atoms with van der Waals surface area (Å²) in [6.07, 6.45) is 3.18. The number of hydrogen-bond acceptors (Lipinski definition) is 6. The number of nitro benzene ring substituents is 1. The standard InChI is InChI=1S/C15H21N3O6S/c1-24-12-6-7-14(13(11-12)18(20)21)25(22,23)16-8-10-17-9-4-2-3-5-15(17)19/h6-7,11,16H,2-5,8-10H2,1H3. The lowest BCUT2D eigenvalue weighted by Gasteiger charge is -2.20. The van der Waals surface area contributed by atoms with Crippen LogP contribution in [0.3, 0.4) is 0 Å². The van der Waals surface area contributed by atoms with Gasteiger partial charge in [-0.15, -0.1) is 0 Å². The van der Waals surface area contributed by atoms with E-state index in [1.54, 1.807) is 4.90 Å². The van der Waals surface area contributed by atoms with Crippen LogP contribution < -0.4 is 9.46 Å². The molecule has 1 N–H and O–H groups in total. The number of carbonyl (C=O) groups is 1. The van der Waals surface area contributed by atoms with Crippen molar-refractivity contribution in [2.24, 2.45) is 0 Å². The number of likely N-dealkylation sites (tertiary alicyclic amines) is 1. The molecule has 1 fully saturated rings. The highest BCUT2D eigenvalue weighted by Crippen LogP contribution is 2.28. The molecule has 25 heavy (non-hydrogen) atoms. The van der Waals surface area contributed by atoms with Gasteiger partial charge in [0.2, 0.25) is 15.9 Å². The monoisotopic (exact) mass is 371 g/mol. The number of amides is 1. The van der Waals surface area contributed by atoms with Gasteiger partial charge in [-0.3, -0.25) is 14.9 Å². The number of hydrogen-bond donors (Lipinski definition) is 1. The molecular weight excluding hydrogens is 350 g/mol. The first-order valence-corrected chi connectivity index (χ1v) is 9.43. The van der Waals surface area contributed by atoms with Gasteiger partial charge in [0.1, 0.15) is 5.75 Å². The minimum atomic E-state index is -4.07. The highest BCUT2D eigenvalue weighted by atomic mass is 32.2. The largest absolute Gasteiger partial charge is 0.497 e. The maximum absolute atomic E-state index is 12.4. The molecule has 10 heteroatoms. The summed E-state index contributed by atoms with van der Waals surface area (Å²) in [5.41, 5.74) is -0.558. The Labute approximate surface area is 146 Å². The first-order chi connectivity index (χ1) is 11.8. The molecule has 1 saturated heterocycles. The molecule has 0 saturated carbocycles. The van der Waals surface area contributed by atoms with Crippen LogP contribution >= 0.6 is 0 Å². The number of ether oxygens (including phenoxy) is 1. The third-order valence-corrected chi connectivity index (χ3v) is 5.51. The highest BCUT2D eigenvalue weighted by molar-refractivity contribution is 7.89. The molecule has 0 aromatic heterocycles. The molecule has 138 valence electrons. The van der Waals surface area contributed by atoms with Crippen molar-refractivity contribution in [3.8, 4) is 5.75 Å². The molecular formula is C15H21N3O6S. The molecule has 1 aromatic carbocycles. The van der Waals surface area contributed by atoms with Gasteiger partial charge in [-0.1, -0.05) is 6.42 Å². The van der Waals surface area contributed by atoms with E-state index in [0.717, 1.165) is 31.4 Å². The third-order valence-electron chi connectivity index (χ3n) is 4.00. The lowest BCUT2D eigenvalue weighted by molar-refractivity contribution is -0.387. The van der Waals surface area contributed by atoms with E-state index in [9.17, 15) is 23.3 Å². The van der Waals surface area contributed by atoms with E-state index in [4.69, 9.17) is 4.74 Å². The molecule has 0 radical (unpaired) electrons. The Morgan fingerprint density at radius 1 is 1.32 bits per heavy atom. The van der Waals surface area contributed by atoms with Crippen molar-refractivity contribution in [3.05, 3.63) is 28.3 Å². The first kappa shape index (κ1) is 19.1. The lowest BCUT2D eigenvalue weighted by atomic mass is 10.2. The van der Waals surface area contributed by atoms with Crippen molar-refractivity contribution >= 4 is 21.6 Å². The predicted octanol–water partition coefficient (Wildman–Crippen LogP) is 1.28. The van der Waals surface area contributed by atoms with Crippen molar-refractivity contribution in [1.29, 1.82) is 0 Å². The zero-order chi connectivity index (χ0) is 18.4. The Hall–Kier alpha value is -2.20. The fourth-order valence-electron chi connectivity index (χ4n) is 2.66. The SMILES string of the molecule is COc1ccc(S(=O)(=O)NCCN2CCCCCC2=O)c([N+](=O)[O-])c1. The van der Waals surface area contributed by atoms with Crippen molar-refractivity contribution in [2.75, 3.05) is 26.7 Å². The summed E-state index contributed by atoms with van der Waals surface area (Å²) in [5.74, 6) is 0.202. The second-order valence-electron chi connectivity index (χ2n) is 5.68. The fraction of sp³-hybridized carbons (Fsp3) is 0.533. The van der Waals surface area contributed by atoms with E-state index in [-0.39, 0.29) is 24.7 Å². The molecule has 1 heterocycles.